The molecule has 1 saturated carbocycles. The fourth-order valence-corrected chi connectivity index (χ4v) is 5.43. The third-order valence-corrected chi connectivity index (χ3v) is 7.72. The van der Waals surface area contributed by atoms with Gasteiger partial charge < -0.3 is 9.47 Å². The molecular formula is C32H34F6O2. The highest BCUT2D eigenvalue weighted by atomic mass is 19.2. The summed E-state index contributed by atoms with van der Waals surface area (Å²) < 4.78 is 98.4. The van der Waals surface area contributed by atoms with Crippen LogP contribution in [0.25, 0.3) is 0 Å². The Balaban J connectivity index is 1.40. The molecule has 1 fully saturated rings. The third kappa shape index (κ3) is 6.42. The second kappa shape index (κ2) is 13.5. The van der Waals surface area contributed by atoms with Crippen LogP contribution in [0.1, 0.15) is 86.5 Å². The van der Waals surface area contributed by atoms with E-state index in [0.717, 1.165) is 6.42 Å². The van der Waals surface area contributed by atoms with Crippen LogP contribution in [0, 0.1) is 34.9 Å². The molecule has 0 N–H and O–H groups in total. The van der Waals surface area contributed by atoms with E-state index in [1.54, 1.807) is 6.92 Å². The van der Waals surface area contributed by atoms with Crippen molar-refractivity contribution in [3.63, 3.8) is 0 Å². The zero-order valence-electron chi connectivity index (χ0n) is 22.8. The van der Waals surface area contributed by atoms with Gasteiger partial charge in [-0.3, -0.25) is 0 Å². The quantitative estimate of drug-likeness (QED) is 0.171. The largest absolute Gasteiger partial charge is 0.491 e. The molecule has 1 aliphatic rings. The van der Waals surface area contributed by atoms with E-state index in [0.29, 0.717) is 32.1 Å². The van der Waals surface area contributed by atoms with Gasteiger partial charge in [-0.25, -0.2) is 17.6 Å². The van der Waals surface area contributed by atoms with E-state index in [1.165, 1.54) is 36.4 Å². The molecule has 0 aliphatic heterocycles. The smallest absolute Gasteiger partial charge is 0.200 e. The van der Waals surface area contributed by atoms with Crippen LogP contribution < -0.4 is 9.47 Å². The van der Waals surface area contributed by atoms with Crippen LogP contribution >= 0.6 is 0 Å². The maximum Gasteiger partial charge on any atom is 0.200 e. The fourth-order valence-electron chi connectivity index (χ4n) is 5.43. The predicted molar refractivity (Wildman–Crippen MR) is 142 cm³/mol. The maximum absolute atomic E-state index is 15.1. The second-order valence-corrected chi connectivity index (χ2v) is 10.3. The molecule has 0 bridgehead atoms. The monoisotopic (exact) mass is 564 g/mol. The molecule has 0 radical (unpaired) electrons. The molecule has 2 nitrogen and oxygen atoms in total. The summed E-state index contributed by atoms with van der Waals surface area (Å²) in [5.41, 5.74) is 0.639. The van der Waals surface area contributed by atoms with Gasteiger partial charge in [-0.1, -0.05) is 37.6 Å². The van der Waals surface area contributed by atoms with Gasteiger partial charge in [0.1, 0.15) is 0 Å². The number of benzene rings is 3. The van der Waals surface area contributed by atoms with Gasteiger partial charge in [0.15, 0.2) is 34.8 Å². The topological polar surface area (TPSA) is 18.5 Å². The van der Waals surface area contributed by atoms with Gasteiger partial charge in [0, 0.05) is 0 Å². The Kier molecular flexibility index (Phi) is 10.0. The highest BCUT2D eigenvalue weighted by Gasteiger charge is 2.29. The number of halogens is 6. The Morgan fingerprint density at radius 2 is 1.02 bits per heavy atom. The summed E-state index contributed by atoms with van der Waals surface area (Å²) in [6.07, 6.45) is 3.54. The minimum atomic E-state index is -1.08. The number of aryl methyl sites for hydroxylation is 2. The molecule has 0 unspecified atom stereocenters. The van der Waals surface area contributed by atoms with E-state index in [2.05, 4.69) is 0 Å². The molecule has 0 amide bonds. The van der Waals surface area contributed by atoms with Crippen molar-refractivity contribution in [3.8, 4) is 11.5 Å². The van der Waals surface area contributed by atoms with E-state index in [9.17, 15) is 17.6 Å². The summed E-state index contributed by atoms with van der Waals surface area (Å²) >= 11 is 0. The lowest BCUT2D eigenvalue weighted by molar-refractivity contribution is 0.288. The third-order valence-electron chi connectivity index (χ3n) is 7.72. The summed E-state index contributed by atoms with van der Waals surface area (Å²) in [5, 5.41) is 0. The molecule has 1 aliphatic carbocycles. The number of hydrogen-bond donors (Lipinski definition) is 0. The molecule has 0 atom stereocenters. The predicted octanol–water partition coefficient (Wildman–Crippen LogP) is 9.33. The average Bonchev–Trinajstić information content (AvgIpc) is 2.96. The van der Waals surface area contributed by atoms with E-state index in [4.69, 9.17) is 9.47 Å². The van der Waals surface area contributed by atoms with Gasteiger partial charge in [0.05, 0.1) is 13.2 Å². The lowest BCUT2D eigenvalue weighted by atomic mass is 9.75. The standard InChI is InChI=1S/C32H34F6O2/c1-3-5-18-40-26-16-13-22(28(34)31(26)37)11-10-21-12-14-23(29(35)27(21)33)19-6-8-20(9-7-19)24-15-17-25(39-4-2)32(38)30(24)36/h12-17,19-20H,3-11,18H2,1-2H3. The van der Waals surface area contributed by atoms with Crippen molar-refractivity contribution >= 4 is 0 Å². The molecule has 3 aromatic rings. The summed E-state index contributed by atoms with van der Waals surface area (Å²) in [6.45, 7) is 4.14. The summed E-state index contributed by atoms with van der Waals surface area (Å²) in [6, 6.07) is 8.74. The molecule has 4 rings (SSSR count). The van der Waals surface area contributed by atoms with Crippen molar-refractivity contribution in [2.24, 2.45) is 0 Å². The maximum atomic E-state index is 15.1. The minimum Gasteiger partial charge on any atom is -0.491 e. The zero-order valence-corrected chi connectivity index (χ0v) is 22.8. The number of unbranched alkanes of at least 4 members (excludes halogenated alkanes) is 1. The highest BCUT2D eigenvalue weighted by molar-refractivity contribution is 5.35. The van der Waals surface area contributed by atoms with Gasteiger partial charge >= 0.3 is 0 Å². The molecule has 0 heterocycles. The van der Waals surface area contributed by atoms with Gasteiger partial charge in [-0.15, -0.1) is 0 Å². The van der Waals surface area contributed by atoms with E-state index in [-0.39, 0.29) is 71.6 Å². The molecule has 0 aromatic heterocycles. The molecule has 40 heavy (non-hydrogen) atoms. The molecule has 3 aromatic carbocycles. The SMILES string of the molecule is CCCCOc1ccc(CCc2ccc(C3CCC(c4ccc(OCC)c(F)c4F)CC3)c(F)c2F)c(F)c1F. The zero-order chi connectivity index (χ0) is 28.8. The fraction of sp³-hybridized carbons (Fsp3) is 0.438. The molecule has 0 saturated heterocycles. The van der Waals surface area contributed by atoms with E-state index in [1.807, 2.05) is 6.92 Å². The Hall–Kier alpha value is -3.16. The van der Waals surface area contributed by atoms with Crippen molar-refractivity contribution in [3.05, 3.63) is 93.6 Å². The Bertz CT molecular complexity index is 1320. The number of rotatable bonds is 11. The molecule has 216 valence electrons. The van der Waals surface area contributed by atoms with Gasteiger partial charge in [0.2, 0.25) is 11.6 Å². The summed E-state index contributed by atoms with van der Waals surface area (Å²) in [5.74, 6) is -6.81. The van der Waals surface area contributed by atoms with Crippen LogP contribution in [0.15, 0.2) is 36.4 Å². The van der Waals surface area contributed by atoms with Gasteiger partial charge in [0.25, 0.3) is 0 Å². The number of ether oxygens (including phenoxy) is 2. The Morgan fingerprint density at radius 1 is 0.575 bits per heavy atom. The Morgan fingerprint density at radius 3 is 1.60 bits per heavy atom. The molecule has 8 heteroatoms. The van der Waals surface area contributed by atoms with Gasteiger partial charge in [-0.2, -0.15) is 8.78 Å². The van der Waals surface area contributed by atoms with Crippen LogP contribution in [0.5, 0.6) is 11.5 Å². The van der Waals surface area contributed by atoms with Crippen LogP contribution in [0.2, 0.25) is 0 Å². The second-order valence-electron chi connectivity index (χ2n) is 10.3. The Labute approximate surface area is 231 Å². The van der Waals surface area contributed by atoms with Crippen molar-refractivity contribution in [2.75, 3.05) is 13.2 Å². The molecular weight excluding hydrogens is 530 g/mol. The normalized spacial score (nSPS) is 17.2. The van der Waals surface area contributed by atoms with Crippen LogP contribution in [-0.2, 0) is 12.8 Å². The minimum absolute atomic E-state index is 0.00917. The number of hydrogen-bond acceptors (Lipinski definition) is 2. The van der Waals surface area contributed by atoms with Crippen molar-refractivity contribution in [1.82, 2.24) is 0 Å². The summed E-state index contributed by atoms with van der Waals surface area (Å²) in [4.78, 5) is 0. The van der Waals surface area contributed by atoms with Crippen LogP contribution in [0.3, 0.4) is 0 Å². The first-order valence-electron chi connectivity index (χ1n) is 13.9. The van der Waals surface area contributed by atoms with Crippen molar-refractivity contribution < 1.29 is 35.8 Å². The molecule has 0 spiro atoms. The lowest BCUT2D eigenvalue weighted by Gasteiger charge is -2.30. The first-order chi connectivity index (χ1) is 19.3. The average molecular weight is 565 g/mol. The highest BCUT2D eigenvalue weighted by Crippen LogP contribution is 2.43. The summed E-state index contributed by atoms with van der Waals surface area (Å²) in [7, 11) is 0. The van der Waals surface area contributed by atoms with Crippen molar-refractivity contribution in [1.29, 1.82) is 0 Å². The lowest BCUT2D eigenvalue weighted by Crippen LogP contribution is -2.16. The van der Waals surface area contributed by atoms with Gasteiger partial charge in [-0.05, 0) is 98.1 Å². The first kappa shape index (κ1) is 29.8. The van der Waals surface area contributed by atoms with Crippen LogP contribution in [0.4, 0.5) is 26.3 Å². The van der Waals surface area contributed by atoms with E-state index < -0.39 is 34.9 Å². The van der Waals surface area contributed by atoms with Crippen molar-refractivity contribution in [2.45, 2.75) is 77.0 Å². The van der Waals surface area contributed by atoms with Crippen LogP contribution in [-0.4, -0.2) is 13.2 Å². The van der Waals surface area contributed by atoms with E-state index >= 15 is 8.78 Å². The first-order valence-corrected chi connectivity index (χ1v) is 13.9.